The van der Waals surface area contributed by atoms with Crippen molar-refractivity contribution in [1.82, 2.24) is 0 Å². The van der Waals surface area contributed by atoms with Crippen LogP contribution in [0, 0.1) is 0 Å². The van der Waals surface area contributed by atoms with E-state index in [1.54, 1.807) is 0 Å². The Balaban J connectivity index is 2.22. The van der Waals surface area contributed by atoms with Gasteiger partial charge in [0.2, 0.25) is 0 Å². The molecule has 2 N–H and O–H groups in total. The van der Waals surface area contributed by atoms with Gasteiger partial charge < -0.3 is 15.4 Å². The number of anilines is 1. The first kappa shape index (κ1) is 12.9. The van der Waals surface area contributed by atoms with E-state index < -0.39 is 0 Å². The maximum Gasteiger partial charge on any atom is 0.163 e. The molecule has 1 aromatic carbocycles. The zero-order chi connectivity index (χ0) is 13.0. The molecule has 1 aromatic rings. The van der Waals surface area contributed by atoms with Gasteiger partial charge in [-0.25, -0.2) is 0 Å². The van der Waals surface area contributed by atoms with E-state index in [4.69, 9.17) is 10.5 Å². The first-order chi connectivity index (χ1) is 8.76. The highest BCUT2D eigenvalue weighted by Crippen LogP contribution is 2.32. The minimum absolute atomic E-state index is 0.157. The summed E-state index contributed by atoms with van der Waals surface area (Å²) in [4.78, 5) is 14.2. The van der Waals surface area contributed by atoms with Gasteiger partial charge in [-0.3, -0.25) is 4.79 Å². The number of carbonyl (C=O) groups is 1. The molecular weight excluding hydrogens is 228 g/mol. The van der Waals surface area contributed by atoms with E-state index in [0.29, 0.717) is 19.6 Å². The molecular formula is C14H20N2O2. The van der Waals surface area contributed by atoms with E-state index in [9.17, 15) is 4.79 Å². The first-order valence-electron chi connectivity index (χ1n) is 6.51. The molecule has 18 heavy (non-hydrogen) atoms. The average Bonchev–Trinajstić information content (AvgIpc) is 2.43. The maximum atomic E-state index is 12.0. The molecule has 0 radical (unpaired) electrons. The number of Topliss-reactive ketones (excluding diaryl/α,β-unsaturated/α-hetero) is 1. The van der Waals surface area contributed by atoms with E-state index in [-0.39, 0.29) is 5.78 Å². The van der Waals surface area contributed by atoms with E-state index in [1.165, 1.54) is 0 Å². The first-order valence-corrected chi connectivity index (χ1v) is 6.51. The van der Waals surface area contributed by atoms with Crippen LogP contribution in [0.2, 0.25) is 0 Å². The summed E-state index contributed by atoms with van der Waals surface area (Å²) in [7, 11) is 0. The molecule has 4 nitrogen and oxygen atoms in total. The lowest BCUT2D eigenvalue weighted by molar-refractivity contribution is 0.0980. The van der Waals surface area contributed by atoms with Crippen LogP contribution in [0.4, 0.5) is 5.69 Å². The topological polar surface area (TPSA) is 55.6 Å². The monoisotopic (exact) mass is 248 g/mol. The van der Waals surface area contributed by atoms with E-state index in [1.807, 2.05) is 18.2 Å². The summed E-state index contributed by atoms with van der Waals surface area (Å²) >= 11 is 0. The summed E-state index contributed by atoms with van der Waals surface area (Å²) in [6, 6.07) is 5.68. The third-order valence-electron chi connectivity index (χ3n) is 3.23. The van der Waals surface area contributed by atoms with Crippen LogP contribution in [-0.4, -0.2) is 32.0 Å². The minimum Gasteiger partial charge on any atom is -0.490 e. The highest BCUT2D eigenvalue weighted by molar-refractivity contribution is 5.97. The third-order valence-corrected chi connectivity index (χ3v) is 3.23. The summed E-state index contributed by atoms with van der Waals surface area (Å²) in [6.45, 7) is 5.18. The fourth-order valence-corrected chi connectivity index (χ4v) is 2.18. The van der Waals surface area contributed by atoms with Gasteiger partial charge >= 0.3 is 0 Å². The Kier molecular flexibility index (Phi) is 4.20. The molecule has 0 aromatic heterocycles. The largest absolute Gasteiger partial charge is 0.490 e. The summed E-state index contributed by atoms with van der Waals surface area (Å²) in [6.07, 6.45) is 1.26. The zero-order valence-corrected chi connectivity index (χ0v) is 10.8. The molecule has 1 aliphatic heterocycles. The lowest BCUT2D eigenvalue weighted by atomic mass is 10.0. The van der Waals surface area contributed by atoms with Gasteiger partial charge in [0.15, 0.2) is 5.78 Å². The number of rotatable bonds is 5. The second kappa shape index (κ2) is 5.87. The van der Waals surface area contributed by atoms with Gasteiger partial charge in [0, 0.05) is 18.5 Å². The molecule has 0 atom stereocenters. The van der Waals surface area contributed by atoms with Gasteiger partial charge in [-0.15, -0.1) is 0 Å². The number of nitrogens with zero attached hydrogens (tertiary/aromatic N) is 1. The summed E-state index contributed by atoms with van der Waals surface area (Å²) in [5.74, 6) is 1.03. The molecule has 0 amide bonds. The van der Waals surface area contributed by atoms with Crippen LogP contribution in [-0.2, 0) is 0 Å². The SMILES string of the molecule is CCN1CCOc2ccc(C(=O)CCCN)cc21. The molecule has 4 heteroatoms. The second-order valence-electron chi connectivity index (χ2n) is 4.43. The lowest BCUT2D eigenvalue weighted by Crippen LogP contribution is -2.32. The number of nitrogens with two attached hydrogens (primary N) is 1. The number of benzene rings is 1. The van der Waals surface area contributed by atoms with Crippen LogP contribution in [0.5, 0.6) is 5.75 Å². The number of hydrogen-bond acceptors (Lipinski definition) is 4. The Labute approximate surface area is 108 Å². The Morgan fingerprint density at radius 2 is 2.33 bits per heavy atom. The summed E-state index contributed by atoms with van der Waals surface area (Å²) in [5, 5.41) is 0. The Hall–Kier alpha value is -1.55. The Bertz CT molecular complexity index is 432. The van der Waals surface area contributed by atoms with Crippen molar-refractivity contribution in [2.24, 2.45) is 5.73 Å². The van der Waals surface area contributed by atoms with Gasteiger partial charge in [-0.1, -0.05) is 0 Å². The van der Waals surface area contributed by atoms with Gasteiger partial charge in [0.25, 0.3) is 0 Å². The van der Waals surface area contributed by atoms with Crippen molar-refractivity contribution >= 4 is 11.5 Å². The van der Waals surface area contributed by atoms with Gasteiger partial charge in [0.1, 0.15) is 12.4 Å². The van der Waals surface area contributed by atoms with E-state index in [0.717, 1.165) is 36.5 Å². The van der Waals surface area contributed by atoms with Crippen molar-refractivity contribution in [3.63, 3.8) is 0 Å². The van der Waals surface area contributed by atoms with Gasteiger partial charge in [-0.05, 0) is 38.1 Å². The van der Waals surface area contributed by atoms with Crippen molar-refractivity contribution in [2.75, 3.05) is 31.1 Å². The normalized spacial score (nSPS) is 14.0. The zero-order valence-electron chi connectivity index (χ0n) is 10.8. The van der Waals surface area contributed by atoms with Crippen molar-refractivity contribution in [3.8, 4) is 5.75 Å². The minimum atomic E-state index is 0.157. The number of ether oxygens (including phenoxy) is 1. The molecule has 0 saturated carbocycles. The number of likely N-dealkylation sites (N-methyl/N-ethyl adjacent to an activating group) is 1. The second-order valence-corrected chi connectivity index (χ2v) is 4.43. The predicted octanol–water partition coefficient (Wildman–Crippen LogP) is 1.83. The number of fused-ring (bicyclic) bond motifs is 1. The molecule has 0 saturated heterocycles. The number of hydrogen-bond donors (Lipinski definition) is 1. The summed E-state index contributed by atoms with van der Waals surface area (Å²) < 4.78 is 5.60. The van der Waals surface area contributed by atoms with Crippen LogP contribution in [0.3, 0.4) is 0 Å². The highest BCUT2D eigenvalue weighted by Gasteiger charge is 2.18. The molecule has 0 bridgehead atoms. The smallest absolute Gasteiger partial charge is 0.163 e. The number of ketones is 1. The van der Waals surface area contributed by atoms with Gasteiger partial charge in [-0.2, -0.15) is 0 Å². The summed E-state index contributed by atoms with van der Waals surface area (Å²) in [5.41, 5.74) is 7.21. The fourth-order valence-electron chi connectivity index (χ4n) is 2.18. The molecule has 1 aliphatic rings. The molecule has 0 fully saturated rings. The molecule has 1 heterocycles. The van der Waals surface area contributed by atoms with Crippen LogP contribution < -0.4 is 15.4 Å². The number of carbonyl (C=O) groups excluding carboxylic acids is 1. The lowest BCUT2D eigenvalue weighted by Gasteiger charge is -2.30. The standard InChI is InChI=1S/C14H20N2O2/c1-2-16-8-9-18-14-6-5-11(10-12(14)16)13(17)4-3-7-15/h5-6,10H,2-4,7-9,15H2,1H3. The molecule has 0 spiro atoms. The molecule has 98 valence electrons. The van der Waals surface area contributed by atoms with Crippen molar-refractivity contribution in [3.05, 3.63) is 23.8 Å². The van der Waals surface area contributed by atoms with Crippen LogP contribution in [0.25, 0.3) is 0 Å². The van der Waals surface area contributed by atoms with Crippen LogP contribution >= 0.6 is 0 Å². The van der Waals surface area contributed by atoms with Crippen LogP contribution in [0.1, 0.15) is 30.1 Å². The molecule has 0 aliphatic carbocycles. The van der Waals surface area contributed by atoms with Crippen LogP contribution in [0.15, 0.2) is 18.2 Å². The average molecular weight is 248 g/mol. The molecule has 0 unspecified atom stereocenters. The van der Waals surface area contributed by atoms with Crippen molar-refractivity contribution in [1.29, 1.82) is 0 Å². The Morgan fingerprint density at radius 1 is 1.50 bits per heavy atom. The predicted molar refractivity (Wildman–Crippen MR) is 72.4 cm³/mol. The van der Waals surface area contributed by atoms with E-state index >= 15 is 0 Å². The van der Waals surface area contributed by atoms with Crippen molar-refractivity contribution < 1.29 is 9.53 Å². The van der Waals surface area contributed by atoms with Gasteiger partial charge in [0.05, 0.1) is 12.2 Å². The van der Waals surface area contributed by atoms with E-state index in [2.05, 4.69) is 11.8 Å². The third kappa shape index (κ3) is 2.64. The maximum absolute atomic E-state index is 12.0. The fraction of sp³-hybridized carbons (Fsp3) is 0.500. The van der Waals surface area contributed by atoms with Crippen molar-refractivity contribution in [2.45, 2.75) is 19.8 Å². The quantitative estimate of drug-likeness (QED) is 0.808. The highest BCUT2D eigenvalue weighted by atomic mass is 16.5. The molecule has 2 rings (SSSR count). The Morgan fingerprint density at radius 3 is 3.06 bits per heavy atom.